The molecule has 0 amide bonds. The normalized spacial score (nSPS) is 11.4. The highest BCUT2D eigenvalue weighted by Crippen LogP contribution is 2.43. The maximum atomic E-state index is 5.38. The van der Waals surface area contributed by atoms with E-state index in [9.17, 15) is 0 Å². The average molecular weight is 677 g/mol. The molecule has 4 nitrogen and oxygen atoms in total. The first-order valence-corrected chi connectivity index (χ1v) is 17.9. The number of aromatic nitrogens is 4. The van der Waals surface area contributed by atoms with Crippen LogP contribution < -0.4 is 0 Å². The molecule has 0 N–H and O–H groups in total. The third-order valence-corrected chi connectivity index (χ3v) is 10.0. The number of rotatable bonds is 6. The molecule has 0 spiro atoms. The Kier molecular flexibility index (Phi) is 7.43. The molecule has 0 radical (unpaired) electrons. The fourth-order valence-electron chi connectivity index (χ4n) is 7.61. The lowest BCUT2D eigenvalue weighted by atomic mass is 9.92. The molecule has 0 atom stereocenters. The number of para-hydroxylation sites is 2. The Morgan fingerprint density at radius 2 is 0.755 bits per heavy atom. The van der Waals surface area contributed by atoms with Crippen molar-refractivity contribution in [1.29, 1.82) is 0 Å². The number of fused-ring (bicyclic) bond motifs is 4. The van der Waals surface area contributed by atoms with Crippen LogP contribution in [0.2, 0.25) is 0 Å². The van der Waals surface area contributed by atoms with Crippen molar-refractivity contribution in [3.8, 4) is 62.1 Å². The van der Waals surface area contributed by atoms with Crippen LogP contribution in [0.1, 0.15) is 0 Å². The molecule has 0 saturated carbocycles. The van der Waals surface area contributed by atoms with Crippen molar-refractivity contribution in [2.45, 2.75) is 0 Å². The summed E-state index contributed by atoms with van der Waals surface area (Å²) in [6.45, 7) is 0. The van der Waals surface area contributed by atoms with E-state index < -0.39 is 0 Å². The first-order chi connectivity index (χ1) is 26.3. The van der Waals surface area contributed by atoms with Crippen molar-refractivity contribution in [1.82, 2.24) is 19.5 Å². The first kappa shape index (κ1) is 30.6. The van der Waals surface area contributed by atoms with E-state index >= 15 is 0 Å². The number of hydrogen-bond acceptors (Lipinski definition) is 3. The fourth-order valence-corrected chi connectivity index (χ4v) is 7.61. The van der Waals surface area contributed by atoms with Gasteiger partial charge in [-0.3, -0.25) is 0 Å². The molecule has 0 saturated heterocycles. The Hall–Kier alpha value is -7.17. The van der Waals surface area contributed by atoms with Crippen LogP contribution >= 0.6 is 0 Å². The van der Waals surface area contributed by atoms with E-state index in [1.165, 1.54) is 10.8 Å². The lowest BCUT2D eigenvalue weighted by Gasteiger charge is -2.20. The minimum atomic E-state index is 0.617. The molecule has 0 unspecified atom stereocenters. The van der Waals surface area contributed by atoms with Crippen molar-refractivity contribution < 1.29 is 0 Å². The Morgan fingerprint density at radius 1 is 0.302 bits per heavy atom. The quantitative estimate of drug-likeness (QED) is 0.176. The van der Waals surface area contributed by atoms with Crippen LogP contribution in [0.25, 0.3) is 94.7 Å². The Balaban J connectivity index is 1.33. The molecule has 10 rings (SSSR count). The molecule has 4 heteroatoms. The minimum absolute atomic E-state index is 0.617. The lowest BCUT2D eigenvalue weighted by Crippen LogP contribution is -2.05. The summed E-state index contributed by atoms with van der Waals surface area (Å²) in [6.07, 6.45) is 0. The molecule has 10 aromatic rings. The first-order valence-electron chi connectivity index (χ1n) is 17.9. The molecule has 0 fully saturated rings. The molecule has 0 aliphatic rings. The van der Waals surface area contributed by atoms with E-state index in [1.807, 2.05) is 24.3 Å². The minimum Gasteiger partial charge on any atom is -0.308 e. The zero-order valence-corrected chi connectivity index (χ0v) is 28.8. The summed E-state index contributed by atoms with van der Waals surface area (Å²) in [5.74, 6) is 1.86. The Bertz CT molecular complexity index is 2880. The maximum Gasteiger partial charge on any atom is 0.166 e. The van der Waals surface area contributed by atoms with Crippen molar-refractivity contribution in [3.05, 3.63) is 194 Å². The predicted octanol–water partition coefficient (Wildman–Crippen LogP) is 12.5. The van der Waals surface area contributed by atoms with Crippen molar-refractivity contribution in [2.75, 3.05) is 0 Å². The second-order valence-corrected chi connectivity index (χ2v) is 13.2. The summed E-state index contributed by atoms with van der Waals surface area (Å²) < 4.78 is 2.39. The number of benzene rings is 8. The molecular weight excluding hydrogens is 645 g/mol. The fraction of sp³-hybridized carbons (Fsp3) is 0. The molecule has 248 valence electrons. The van der Waals surface area contributed by atoms with Gasteiger partial charge in [0.1, 0.15) is 0 Å². The molecule has 0 aliphatic carbocycles. The van der Waals surface area contributed by atoms with E-state index in [0.29, 0.717) is 17.5 Å². The Labute approximate surface area is 307 Å². The number of nitrogens with zero attached hydrogens (tertiary/aromatic N) is 4. The standard InChI is InChI=1S/C49H32N4/c1-4-17-33(18-5-1)36-23-16-24-37(31-36)48-50-47(35-21-8-3-9-22-35)51-49(52-48)46-41-28-11-10-25-38(41)42(34-19-6-2-7-20-34)32-45(46)53-43-29-14-12-26-39(43)40-27-13-15-30-44(40)53/h1-32H. The van der Waals surface area contributed by atoms with Gasteiger partial charge in [-0.15, -0.1) is 0 Å². The van der Waals surface area contributed by atoms with Gasteiger partial charge in [-0.2, -0.15) is 0 Å². The predicted molar refractivity (Wildman–Crippen MR) is 219 cm³/mol. The lowest BCUT2D eigenvalue weighted by molar-refractivity contribution is 1.07. The van der Waals surface area contributed by atoms with Crippen LogP contribution in [0.4, 0.5) is 0 Å². The largest absolute Gasteiger partial charge is 0.308 e. The maximum absolute atomic E-state index is 5.38. The van der Waals surface area contributed by atoms with Gasteiger partial charge in [0.25, 0.3) is 0 Å². The van der Waals surface area contributed by atoms with Crippen LogP contribution in [0.15, 0.2) is 194 Å². The van der Waals surface area contributed by atoms with Crippen LogP contribution in [0, 0.1) is 0 Å². The van der Waals surface area contributed by atoms with Gasteiger partial charge < -0.3 is 4.57 Å². The van der Waals surface area contributed by atoms with E-state index in [0.717, 1.165) is 66.4 Å². The molecule has 2 aromatic heterocycles. The molecule has 53 heavy (non-hydrogen) atoms. The van der Waals surface area contributed by atoms with Gasteiger partial charge in [-0.25, -0.2) is 15.0 Å². The molecule has 8 aromatic carbocycles. The summed E-state index contributed by atoms with van der Waals surface area (Å²) in [7, 11) is 0. The monoisotopic (exact) mass is 676 g/mol. The van der Waals surface area contributed by atoms with E-state index in [4.69, 9.17) is 15.0 Å². The zero-order valence-electron chi connectivity index (χ0n) is 28.8. The summed E-state index contributed by atoms with van der Waals surface area (Å²) in [6, 6.07) is 68.0. The molecule has 0 bridgehead atoms. The van der Waals surface area contributed by atoms with Crippen molar-refractivity contribution in [2.24, 2.45) is 0 Å². The van der Waals surface area contributed by atoms with E-state index in [2.05, 4.69) is 174 Å². The summed E-state index contributed by atoms with van der Waals surface area (Å²) >= 11 is 0. The second-order valence-electron chi connectivity index (χ2n) is 13.2. The third kappa shape index (κ3) is 5.36. The van der Waals surface area contributed by atoms with Gasteiger partial charge in [-0.1, -0.05) is 170 Å². The highest BCUT2D eigenvalue weighted by Gasteiger charge is 2.23. The summed E-state index contributed by atoms with van der Waals surface area (Å²) in [5.41, 5.74) is 10.6. The van der Waals surface area contributed by atoms with Crippen LogP contribution in [0.3, 0.4) is 0 Å². The zero-order chi connectivity index (χ0) is 35.1. The molecule has 2 heterocycles. The second kappa shape index (κ2) is 12.9. The number of hydrogen-bond donors (Lipinski definition) is 0. The summed E-state index contributed by atoms with van der Waals surface area (Å²) in [4.78, 5) is 15.9. The summed E-state index contributed by atoms with van der Waals surface area (Å²) in [5, 5.41) is 4.59. The van der Waals surface area contributed by atoms with Gasteiger partial charge in [0.2, 0.25) is 0 Å². The highest BCUT2D eigenvalue weighted by atomic mass is 15.1. The average Bonchev–Trinajstić information content (AvgIpc) is 3.58. The van der Waals surface area contributed by atoms with Crippen LogP contribution in [-0.4, -0.2) is 19.5 Å². The van der Waals surface area contributed by atoms with Gasteiger partial charge in [0.15, 0.2) is 17.5 Å². The SMILES string of the molecule is c1ccc(-c2cccc(-c3nc(-c4ccccc4)nc(-c4c(-n5c6ccccc6c6ccccc65)cc(-c5ccccc5)c5ccccc45)n3)c2)cc1. The van der Waals surface area contributed by atoms with Gasteiger partial charge in [0.05, 0.1) is 22.3 Å². The highest BCUT2D eigenvalue weighted by molar-refractivity contribution is 6.13. The van der Waals surface area contributed by atoms with Gasteiger partial charge >= 0.3 is 0 Å². The topological polar surface area (TPSA) is 43.6 Å². The van der Waals surface area contributed by atoms with Gasteiger partial charge in [-0.05, 0) is 57.3 Å². The van der Waals surface area contributed by atoms with E-state index in [-0.39, 0.29) is 0 Å². The van der Waals surface area contributed by atoms with Crippen molar-refractivity contribution in [3.63, 3.8) is 0 Å². The van der Waals surface area contributed by atoms with Crippen LogP contribution in [-0.2, 0) is 0 Å². The Morgan fingerprint density at radius 3 is 1.40 bits per heavy atom. The smallest absolute Gasteiger partial charge is 0.166 e. The molecule has 0 aliphatic heterocycles. The molecular formula is C49H32N4. The van der Waals surface area contributed by atoms with E-state index in [1.54, 1.807) is 0 Å². The van der Waals surface area contributed by atoms with Crippen LogP contribution in [0.5, 0.6) is 0 Å². The third-order valence-electron chi connectivity index (χ3n) is 10.0. The van der Waals surface area contributed by atoms with Crippen molar-refractivity contribution >= 4 is 32.6 Å². The van der Waals surface area contributed by atoms with Gasteiger partial charge in [0, 0.05) is 21.9 Å².